The maximum Gasteiger partial charge on any atom is 0.242 e. The lowest BCUT2D eigenvalue weighted by molar-refractivity contribution is 0.521. The molecule has 0 saturated carbocycles. The second kappa shape index (κ2) is 8.36. The Hall–Kier alpha value is -1.77. The van der Waals surface area contributed by atoms with Crippen LogP contribution in [0.3, 0.4) is 0 Å². The summed E-state index contributed by atoms with van der Waals surface area (Å²) in [6.07, 6.45) is 9.37. The van der Waals surface area contributed by atoms with E-state index >= 15 is 0 Å². The molecule has 24 heavy (non-hydrogen) atoms. The Morgan fingerprint density at radius 2 is 2.17 bits per heavy atom. The van der Waals surface area contributed by atoms with E-state index in [9.17, 15) is 8.42 Å². The molecule has 1 atom stereocenters. The van der Waals surface area contributed by atoms with Gasteiger partial charge in [0.15, 0.2) is 5.11 Å². The third-order valence-electron chi connectivity index (χ3n) is 3.63. The number of hydrogen-bond donors (Lipinski definition) is 2. The van der Waals surface area contributed by atoms with Crippen LogP contribution in [0.2, 0.25) is 0 Å². The predicted octanol–water partition coefficient (Wildman–Crippen LogP) is 2.57. The second-order valence-electron chi connectivity index (χ2n) is 5.70. The van der Waals surface area contributed by atoms with Gasteiger partial charge in [-0.25, -0.2) is 12.7 Å². The van der Waals surface area contributed by atoms with Gasteiger partial charge in [0.1, 0.15) is 0 Å². The Balaban J connectivity index is 1.94. The summed E-state index contributed by atoms with van der Waals surface area (Å²) in [6, 6.07) is 6.50. The number of anilines is 1. The van der Waals surface area contributed by atoms with Crippen molar-refractivity contribution in [2.24, 2.45) is 11.0 Å². The number of nitrogens with zero attached hydrogens (tertiary/aromatic N) is 2. The molecule has 1 aromatic rings. The monoisotopic (exact) mass is 366 g/mol. The maximum atomic E-state index is 12.1. The van der Waals surface area contributed by atoms with Gasteiger partial charge in [0, 0.05) is 26.0 Å². The Bertz CT molecular complexity index is 742. The molecule has 1 aromatic carbocycles. The van der Waals surface area contributed by atoms with Crippen molar-refractivity contribution in [1.82, 2.24) is 9.73 Å². The fraction of sp³-hybridized carbons (Fsp3) is 0.375. The lowest BCUT2D eigenvalue weighted by Gasteiger charge is -2.14. The molecular weight excluding hydrogens is 344 g/mol. The first-order valence-corrected chi connectivity index (χ1v) is 9.52. The van der Waals surface area contributed by atoms with Crippen LogP contribution in [0.25, 0.3) is 0 Å². The highest BCUT2D eigenvalue weighted by molar-refractivity contribution is 7.89. The third-order valence-corrected chi connectivity index (χ3v) is 5.64. The number of allylic oxidation sites excluding steroid dienone is 2. The average molecular weight is 367 g/mol. The van der Waals surface area contributed by atoms with Gasteiger partial charge in [-0.15, -0.1) is 0 Å². The summed E-state index contributed by atoms with van der Waals surface area (Å²) in [5, 5.41) is 7.41. The molecule has 0 fully saturated rings. The van der Waals surface area contributed by atoms with E-state index < -0.39 is 10.0 Å². The smallest absolute Gasteiger partial charge is 0.242 e. The molecule has 0 heterocycles. The standard InChI is InChI=1S/C16H22N4O2S2/c1-20(2)24(21,22)15-10-6-9-14(11-15)18-16(23)19-17-12-13-7-4-3-5-8-13/h3-4,6,9-13H,5,7-8H2,1-2H3,(H2,18,19,23). The van der Waals surface area contributed by atoms with Gasteiger partial charge in [0.25, 0.3) is 0 Å². The van der Waals surface area contributed by atoms with E-state index in [4.69, 9.17) is 12.2 Å². The van der Waals surface area contributed by atoms with Crippen molar-refractivity contribution in [2.75, 3.05) is 19.4 Å². The highest BCUT2D eigenvalue weighted by atomic mass is 32.2. The van der Waals surface area contributed by atoms with E-state index in [0.29, 0.717) is 16.7 Å². The molecule has 1 aliphatic rings. The molecule has 1 unspecified atom stereocenters. The number of thiocarbonyl (C=S) groups is 1. The van der Waals surface area contributed by atoms with Crippen molar-refractivity contribution < 1.29 is 8.42 Å². The van der Waals surface area contributed by atoms with Gasteiger partial charge in [-0.1, -0.05) is 18.2 Å². The van der Waals surface area contributed by atoms with Gasteiger partial charge in [-0.05, 0) is 55.6 Å². The van der Waals surface area contributed by atoms with Gasteiger partial charge < -0.3 is 5.32 Å². The van der Waals surface area contributed by atoms with Crippen LogP contribution in [0, 0.1) is 5.92 Å². The molecule has 2 rings (SSSR count). The Morgan fingerprint density at radius 1 is 1.38 bits per heavy atom. The van der Waals surface area contributed by atoms with Crippen molar-refractivity contribution in [2.45, 2.75) is 24.2 Å². The molecule has 130 valence electrons. The molecule has 0 aliphatic heterocycles. The van der Waals surface area contributed by atoms with Gasteiger partial charge in [0.05, 0.1) is 4.90 Å². The summed E-state index contributed by atoms with van der Waals surface area (Å²) in [5.74, 6) is 0.430. The fourth-order valence-electron chi connectivity index (χ4n) is 2.26. The molecule has 0 aromatic heterocycles. The largest absolute Gasteiger partial charge is 0.331 e. The van der Waals surface area contributed by atoms with E-state index in [0.717, 1.165) is 19.3 Å². The minimum Gasteiger partial charge on any atom is -0.331 e. The summed E-state index contributed by atoms with van der Waals surface area (Å²) >= 11 is 5.18. The number of hydrogen-bond acceptors (Lipinski definition) is 4. The molecule has 6 nitrogen and oxygen atoms in total. The number of sulfonamides is 1. The van der Waals surface area contributed by atoms with Gasteiger partial charge >= 0.3 is 0 Å². The first-order chi connectivity index (χ1) is 11.4. The highest BCUT2D eigenvalue weighted by Crippen LogP contribution is 2.18. The van der Waals surface area contributed by atoms with Crippen LogP contribution in [0.1, 0.15) is 19.3 Å². The zero-order valence-electron chi connectivity index (χ0n) is 13.8. The van der Waals surface area contributed by atoms with Crippen LogP contribution < -0.4 is 10.7 Å². The zero-order chi connectivity index (χ0) is 17.6. The van der Waals surface area contributed by atoms with Crippen LogP contribution in [-0.2, 0) is 10.0 Å². The minimum absolute atomic E-state index is 0.206. The predicted molar refractivity (Wildman–Crippen MR) is 102 cm³/mol. The average Bonchev–Trinajstić information content (AvgIpc) is 2.56. The Kier molecular flexibility index (Phi) is 6.47. The van der Waals surface area contributed by atoms with Crippen LogP contribution >= 0.6 is 12.2 Å². The SMILES string of the molecule is CN(C)S(=O)(=O)c1cccc(NC(=S)NN=CC2CC=CCC2)c1. The summed E-state index contributed by atoms with van der Waals surface area (Å²) in [7, 11) is -0.479. The normalized spacial score (nSPS) is 18.0. The van der Waals surface area contributed by atoms with Crippen molar-refractivity contribution in [1.29, 1.82) is 0 Å². The van der Waals surface area contributed by atoms with E-state index in [1.807, 2.05) is 6.21 Å². The van der Waals surface area contributed by atoms with E-state index in [-0.39, 0.29) is 4.90 Å². The number of nitrogens with one attached hydrogen (secondary N) is 2. The van der Waals surface area contributed by atoms with Crippen LogP contribution in [-0.4, -0.2) is 38.1 Å². The molecule has 0 amide bonds. The molecule has 1 aliphatic carbocycles. The molecule has 0 saturated heterocycles. The number of benzene rings is 1. The van der Waals surface area contributed by atoms with Crippen LogP contribution in [0.5, 0.6) is 0 Å². The third kappa shape index (κ3) is 5.12. The molecule has 2 N–H and O–H groups in total. The molecule has 8 heteroatoms. The quantitative estimate of drug-likeness (QED) is 0.363. The van der Waals surface area contributed by atoms with E-state index in [1.165, 1.54) is 18.4 Å². The highest BCUT2D eigenvalue weighted by Gasteiger charge is 2.17. The zero-order valence-corrected chi connectivity index (χ0v) is 15.4. The second-order valence-corrected chi connectivity index (χ2v) is 8.26. The van der Waals surface area contributed by atoms with Crippen molar-refractivity contribution >= 4 is 39.3 Å². The maximum absolute atomic E-state index is 12.1. The first-order valence-electron chi connectivity index (χ1n) is 7.67. The Labute approximate surface area is 148 Å². The molecular formula is C16H22N4O2S2. The Morgan fingerprint density at radius 3 is 2.83 bits per heavy atom. The minimum atomic E-state index is -3.47. The van der Waals surface area contributed by atoms with Crippen molar-refractivity contribution in [3.05, 3.63) is 36.4 Å². The number of hydrazone groups is 1. The fourth-order valence-corrected chi connectivity index (χ4v) is 3.38. The van der Waals surface area contributed by atoms with E-state index in [2.05, 4.69) is 28.0 Å². The summed E-state index contributed by atoms with van der Waals surface area (Å²) < 4.78 is 25.4. The molecule has 0 radical (unpaired) electrons. The summed E-state index contributed by atoms with van der Waals surface area (Å²) in [4.78, 5) is 0.206. The first kappa shape index (κ1) is 18.6. The lowest BCUT2D eigenvalue weighted by Crippen LogP contribution is -2.25. The van der Waals surface area contributed by atoms with E-state index in [1.54, 1.807) is 24.3 Å². The summed E-state index contributed by atoms with van der Waals surface area (Å²) in [6.45, 7) is 0. The number of rotatable bonds is 5. The summed E-state index contributed by atoms with van der Waals surface area (Å²) in [5.41, 5.74) is 3.35. The molecule has 0 bridgehead atoms. The van der Waals surface area contributed by atoms with Gasteiger partial charge in [-0.3, -0.25) is 5.43 Å². The van der Waals surface area contributed by atoms with Crippen LogP contribution in [0.15, 0.2) is 46.4 Å². The molecule has 0 spiro atoms. The topological polar surface area (TPSA) is 73.8 Å². The van der Waals surface area contributed by atoms with Gasteiger partial charge in [-0.2, -0.15) is 5.10 Å². The van der Waals surface area contributed by atoms with Crippen LogP contribution in [0.4, 0.5) is 5.69 Å². The lowest BCUT2D eigenvalue weighted by atomic mass is 9.96. The van der Waals surface area contributed by atoms with Crippen molar-refractivity contribution in [3.8, 4) is 0 Å². The van der Waals surface area contributed by atoms with Gasteiger partial charge in [0.2, 0.25) is 10.0 Å². The van der Waals surface area contributed by atoms with Crippen molar-refractivity contribution in [3.63, 3.8) is 0 Å².